The number of aliphatic carboxylic acids is 1. The Morgan fingerprint density at radius 2 is 2.00 bits per heavy atom. The van der Waals surface area contributed by atoms with Crippen molar-refractivity contribution in [3.8, 4) is 0 Å². The monoisotopic (exact) mass is 358 g/mol. The lowest BCUT2D eigenvalue weighted by Gasteiger charge is -2.15. The first-order valence-corrected chi connectivity index (χ1v) is 9.68. The van der Waals surface area contributed by atoms with Crippen LogP contribution in [0.3, 0.4) is 0 Å². The van der Waals surface area contributed by atoms with E-state index in [9.17, 15) is 14.4 Å². The summed E-state index contributed by atoms with van der Waals surface area (Å²) in [7, 11) is 0. The summed E-state index contributed by atoms with van der Waals surface area (Å²) < 4.78 is 5.29. The van der Waals surface area contributed by atoms with Gasteiger partial charge in [-0.3, -0.25) is 9.59 Å². The maximum atomic E-state index is 11.7. The molecule has 0 bridgehead atoms. The Bertz CT molecular complexity index is 460. The van der Waals surface area contributed by atoms with E-state index in [1.165, 1.54) is 0 Å². The fraction of sp³-hybridized carbons (Fsp3) is 0.812. The van der Waals surface area contributed by atoms with Crippen LogP contribution < -0.4 is 10.6 Å². The van der Waals surface area contributed by atoms with Gasteiger partial charge in [-0.15, -0.1) is 0 Å². The molecule has 0 aromatic carbocycles. The second-order valence-electron chi connectivity index (χ2n) is 6.29. The lowest BCUT2D eigenvalue weighted by atomic mass is 10.0. The van der Waals surface area contributed by atoms with Crippen molar-refractivity contribution in [3.05, 3.63) is 0 Å². The van der Waals surface area contributed by atoms with Gasteiger partial charge in [-0.2, -0.15) is 11.8 Å². The molecular formula is C16H26N2O5S. The maximum absolute atomic E-state index is 11.7. The van der Waals surface area contributed by atoms with Crippen molar-refractivity contribution in [2.24, 2.45) is 0 Å². The Labute approximate surface area is 146 Å². The molecule has 7 nitrogen and oxygen atoms in total. The normalized spacial score (nSPS) is 25.0. The van der Waals surface area contributed by atoms with Gasteiger partial charge in [0.05, 0.1) is 6.04 Å². The largest absolute Gasteiger partial charge is 0.481 e. The number of carbonyl (C=O) groups is 3. The van der Waals surface area contributed by atoms with Crippen LogP contribution in [0.25, 0.3) is 0 Å². The first-order chi connectivity index (χ1) is 11.6. The van der Waals surface area contributed by atoms with E-state index in [0.29, 0.717) is 24.6 Å². The third kappa shape index (κ3) is 6.22. The zero-order valence-corrected chi connectivity index (χ0v) is 14.6. The number of amides is 2. The van der Waals surface area contributed by atoms with Crippen LogP contribution in [0.2, 0.25) is 0 Å². The molecule has 2 heterocycles. The van der Waals surface area contributed by atoms with E-state index in [0.717, 1.165) is 37.9 Å². The summed E-state index contributed by atoms with van der Waals surface area (Å²) in [4.78, 5) is 33.3. The standard InChI is InChI=1S/C16H26N2O5S/c19-13(17-9-5-1-2-8-14(20)21)7-4-3-6-12-15-11(10-24-12)18-16(22)23-15/h11-12,15H,1-10H2,(H,17,19)(H,18,22)(H,20,21)/t11-,12-,15+/m0/s1. The number of hydrogen-bond donors (Lipinski definition) is 3. The SMILES string of the molecule is O=C(O)CCCCCNC(=O)CCCC[C@@H]1SC[C@@H]2NC(=O)O[C@H]21. The summed E-state index contributed by atoms with van der Waals surface area (Å²) >= 11 is 1.84. The van der Waals surface area contributed by atoms with E-state index in [-0.39, 0.29) is 30.6 Å². The van der Waals surface area contributed by atoms with E-state index < -0.39 is 5.97 Å². The van der Waals surface area contributed by atoms with Crippen molar-refractivity contribution < 1.29 is 24.2 Å². The Kier molecular flexibility index (Phi) is 7.68. The molecule has 2 fully saturated rings. The number of nitrogens with one attached hydrogen (secondary N) is 2. The third-order valence-corrected chi connectivity index (χ3v) is 5.81. The molecule has 2 aliphatic rings. The van der Waals surface area contributed by atoms with Gasteiger partial charge >= 0.3 is 12.1 Å². The van der Waals surface area contributed by atoms with Crippen LogP contribution in [0.4, 0.5) is 4.79 Å². The lowest BCUT2D eigenvalue weighted by Crippen LogP contribution is -2.32. The number of carboxylic acids is 1. The average molecular weight is 358 g/mol. The summed E-state index contributed by atoms with van der Waals surface area (Å²) in [6, 6.07) is 0.150. The summed E-state index contributed by atoms with van der Waals surface area (Å²) in [6.07, 6.45) is 5.43. The molecule has 8 heteroatoms. The molecule has 0 saturated carbocycles. The van der Waals surface area contributed by atoms with Gasteiger partial charge in [0.2, 0.25) is 5.91 Å². The molecule has 2 saturated heterocycles. The van der Waals surface area contributed by atoms with Gasteiger partial charge in [-0.25, -0.2) is 4.79 Å². The summed E-state index contributed by atoms with van der Waals surface area (Å²) in [5.41, 5.74) is 0. The van der Waals surface area contributed by atoms with Crippen LogP contribution >= 0.6 is 11.8 Å². The van der Waals surface area contributed by atoms with Gasteiger partial charge in [0.1, 0.15) is 6.10 Å². The van der Waals surface area contributed by atoms with E-state index in [4.69, 9.17) is 9.84 Å². The smallest absolute Gasteiger partial charge is 0.407 e. The fourth-order valence-electron chi connectivity index (χ4n) is 3.04. The van der Waals surface area contributed by atoms with Gasteiger partial charge in [0.15, 0.2) is 0 Å². The quantitative estimate of drug-likeness (QED) is 0.487. The van der Waals surface area contributed by atoms with Crippen LogP contribution in [0.1, 0.15) is 51.4 Å². The number of ether oxygens (including phenoxy) is 1. The summed E-state index contributed by atoms with van der Waals surface area (Å²) in [5, 5.41) is 14.6. The van der Waals surface area contributed by atoms with Crippen molar-refractivity contribution in [1.82, 2.24) is 10.6 Å². The van der Waals surface area contributed by atoms with Crippen molar-refractivity contribution >= 4 is 29.7 Å². The van der Waals surface area contributed by atoms with E-state index in [1.807, 2.05) is 11.8 Å². The molecule has 3 atom stereocenters. The highest BCUT2D eigenvalue weighted by Crippen LogP contribution is 2.35. The van der Waals surface area contributed by atoms with Crippen molar-refractivity contribution in [3.63, 3.8) is 0 Å². The predicted molar refractivity (Wildman–Crippen MR) is 91.0 cm³/mol. The molecule has 136 valence electrons. The zero-order chi connectivity index (χ0) is 17.4. The van der Waals surface area contributed by atoms with Gasteiger partial charge in [-0.1, -0.05) is 12.8 Å². The number of unbranched alkanes of at least 4 members (excludes halogenated alkanes) is 3. The number of fused-ring (bicyclic) bond motifs is 1. The maximum Gasteiger partial charge on any atom is 0.407 e. The molecule has 0 aromatic rings. The highest BCUT2D eigenvalue weighted by atomic mass is 32.2. The van der Waals surface area contributed by atoms with Crippen molar-refractivity contribution in [2.45, 2.75) is 68.8 Å². The molecule has 3 N–H and O–H groups in total. The van der Waals surface area contributed by atoms with E-state index in [2.05, 4.69) is 10.6 Å². The molecule has 0 radical (unpaired) electrons. The van der Waals surface area contributed by atoms with Gasteiger partial charge in [0.25, 0.3) is 0 Å². The Balaban J connectivity index is 1.45. The first-order valence-electron chi connectivity index (χ1n) is 8.63. The first kappa shape index (κ1) is 18.9. The van der Waals surface area contributed by atoms with Gasteiger partial charge < -0.3 is 20.5 Å². The highest BCUT2D eigenvalue weighted by Gasteiger charge is 2.44. The minimum atomic E-state index is -0.770. The minimum absolute atomic E-state index is 0.0119. The van der Waals surface area contributed by atoms with E-state index >= 15 is 0 Å². The zero-order valence-electron chi connectivity index (χ0n) is 13.8. The molecule has 0 spiro atoms. The van der Waals surface area contributed by atoms with Crippen LogP contribution in [0, 0.1) is 0 Å². The van der Waals surface area contributed by atoms with E-state index in [1.54, 1.807) is 0 Å². The van der Waals surface area contributed by atoms with Crippen LogP contribution in [0.5, 0.6) is 0 Å². The number of thioether (sulfide) groups is 1. The Hall–Kier alpha value is -1.44. The second-order valence-corrected chi connectivity index (χ2v) is 7.56. The van der Waals surface area contributed by atoms with Gasteiger partial charge in [-0.05, 0) is 25.7 Å². The Morgan fingerprint density at radius 3 is 2.79 bits per heavy atom. The molecule has 0 unspecified atom stereocenters. The number of carbonyl (C=O) groups excluding carboxylic acids is 2. The summed E-state index contributed by atoms with van der Waals surface area (Å²) in [6.45, 7) is 0.613. The highest BCUT2D eigenvalue weighted by molar-refractivity contribution is 8.00. The lowest BCUT2D eigenvalue weighted by molar-refractivity contribution is -0.137. The third-order valence-electron chi connectivity index (χ3n) is 4.33. The number of carboxylic acid groups (broad SMARTS) is 1. The number of rotatable bonds is 11. The van der Waals surface area contributed by atoms with Gasteiger partial charge in [0, 0.05) is 30.4 Å². The molecule has 2 rings (SSSR count). The molecular weight excluding hydrogens is 332 g/mol. The molecule has 24 heavy (non-hydrogen) atoms. The molecule has 2 aliphatic heterocycles. The topological polar surface area (TPSA) is 105 Å². The molecule has 0 aromatic heterocycles. The molecule has 0 aliphatic carbocycles. The van der Waals surface area contributed by atoms with Crippen LogP contribution in [-0.4, -0.2) is 52.8 Å². The van der Waals surface area contributed by atoms with Crippen molar-refractivity contribution in [2.75, 3.05) is 12.3 Å². The van der Waals surface area contributed by atoms with Crippen LogP contribution in [0.15, 0.2) is 0 Å². The average Bonchev–Trinajstić information content (AvgIpc) is 3.06. The van der Waals surface area contributed by atoms with Crippen LogP contribution in [-0.2, 0) is 14.3 Å². The molecule has 2 amide bonds. The minimum Gasteiger partial charge on any atom is -0.481 e. The fourth-order valence-corrected chi connectivity index (χ4v) is 4.54. The second kappa shape index (κ2) is 9.76. The Morgan fingerprint density at radius 1 is 1.21 bits per heavy atom. The number of hydrogen-bond acceptors (Lipinski definition) is 5. The summed E-state index contributed by atoms with van der Waals surface area (Å²) in [5.74, 6) is 0.191. The number of alkyl carbamates (subject to hydrolysis) is 1. The predicted octanol–water partition coefficient (Wildman–Crippen LogP) is 1.90. The van der Waals surface area contributed by atoms with Crippen molar-refractivity contribution in [1.29, 1.82) is 0 Å².